The molecular formula is C16H19N5. The van der Waals surface area contributed by atoms with E-state index in [1.54, 1.807) is 12.4 Å². The summed E-state index contributed by atoms with van der Waals surface area (Å²) in [5.74, 6) is 0.825. The smallest absolute Gasteiger partial charge is 0.152 e. The third kappa shape index (κ3) is 2.86. The lowest BCUT2D eigenvalue weighted by Gasteiger charge is -2.13. The molecule has 21 heavy (non-hydrogen) atoms. The molecule has 3 aromatic rings. The van der Waals surface area contributed by atoms with E-state index in [2.05, 4.69) is 47.2 Å². The van der Waals surface area contributed by atoms with Gasteiger partial charge in [0.15, 0.2) is 5.82 Å². The molecule has 0 saturated carbocycles. The number of rotatable bonds is 3. The standard InChI is InChI=1S/C16H19N5/c1-16(2,3)14-10-13-15(18-8-9-21(13)20-14)19-11-12-6-4-5-7-17-12/h4-10H,11H2,1-3H3,(H,18,19). The van der Waals surface area contributed by atoms with Crippen molar-refractivity contribution in [3.05, 3.63) is 54.2 Å². The molecule has 3 rings (SSSR count). The largest absolute Gasteiger partial charge is 0.363 e. The molecule has 3 heterocycles. The van der Waals surface area contributed by atoms with Crippen LogP contribution in [0.3, 0.4) is 0 Å². The molecule has 0 saturated heterocycles. The number of hydrogen-bond acceptors (Lipinski definition) is 4. The van der Waals surface area contributed by atoms with Crippen molar-refractivity contribution < 1.29 is 0 Å². The molecule has 0 aliphatic carbocycles. The highest BCUT2D eigenvalue weighted by Gasteiger charge is 2.18. The highest BCUT2D eigenvalue weighted by atomic mass is 15.2. The highest BCUT2D eigenvalue weighted by molar-refractivity contribution is 5.68. The molecule has 1 N–H and O–H groups in total. The molecule has 0 bridgehead atoms. The molecule has 0 unspecified atom stereocenters. The Kier molecular flexibility index (Phi) is 3.33. The van der Waals surface area contributed by atoms with E-state index in [9.17, 15) is 0 Å². The number of aromatic nitrogens is 4. The molecule has 108 valence electrons. The summed E-state index contributed by atoms with van der Waals surface area (Å²) in [4.78, 5) is 8.72. The highest BCUT2D eigenvalue weighted by Crippen LogP contribution is 2.24. The van der Waals surface area contributed by atoms with Crippen LogP contribution in [0.15, 0.2) is 42.9 Å². The van der Waals surface area contributed by atoms with Gasteiger partial charge in [0.1, 0.15) is 5.52 Å². The van der Waals surface area contributed by atoms with Crippen LogP contribution >= 0.6 is 0 Å². The molecule has 0 spiro atoms. The zero-order chi connectivity index (χ0) is 14.9. The van der Waals surface area contributed by atoms with Crippen LogP contribution in [0.2, 0.25) is 0 Å². The number of nitrogens with zero attached hydrogens (tertiary/aromatic N) is 4. The van der Waals surface area contributed by atoms with Crippen molar-refractivity contribution in [3.8, 4) is 0 Å². The van der Waals surface area contributed by atoms with Gasteiger partial charge in [-0.2, -0.15) is 5.10 Å². The average Bonchev–Trinajstić information content (AvgIpc) is 2.91. The maximum Gasteiger partial charge on any atom is 0.152 e. The van der Waals surface area contributed by atoms with E-state index in [0.29, 0.717) is 6.54 Å². The van der Waals surface area contributed by atoms with Gasteiger partial charge >= 0.3 is 0 Å². The van der Waals surface area contributed by atoms with Gasteiger partial charge in [0.05, 0.1) is 17.9 Å². The Morgan fingerprint density at radius 3 is 2.71 bits per heavy atom. The third-order valence-corrected chi connectivity index (χ3v) is 3.32. The molecule has 3 aromatic heterocycles. The van der Waals surface area contributed by atoms with Gasteiger partial charge in [-0.3, -0.25) is 4.98 Å². The first-order valence-electron chi connectivity index (χ1n) is 7.03. The number of pyridine rings is 1. The monoisotopic (exact) mass is 281 g/mol. The lowest BCUT2D eigenvalue weighted by Crippen LogP contribution is -2.11. The topological polar surface area (TPSA) is 55.1 Å². The number of hydrogen-bond donors (Lipinski definition) is 1. The van der Waals surface area contributed by atoms with Crippen LogP contribution < -0.4 is 5.32 Å². The van der Waals surface area contributed by atoms with Crippen molar-refractivity contribution in [2.75, 3.05) is 5.32 Å². The van der Waals surface area contributed by atoms with Crippen LogP contribution in [0, 0.1) is 0 Å². The van der Waals surface area contributed by atoms with Crippen LogP contribution in [0.25, 0.3) is 5.52 Å². The number of fused-ring (bicyclic) bond motifs is 1. The van der Waals surface area contributed by atoms with Gasteiger partial charge in [0.2, 0.25) is 0 Å². The summed E-state index contributed by atoms with van der Waals surface area (Å²) in [6.45, 7) is 7.11. The van der Waals surface area contributed by atoms with Crippen LogP contribution in [0.5, 0.6) is 0 Å². The Bertz CT molecular complexity index is 740. The lowest BCUT2D eigenvalue weighted by atomic mass is 9.92. The van der Waals surface area contributed by atoms with E-state index in [1.165, 1.54) is 0 Å². The molecule has 0 fully saturated rings. The Balaban J connectivity index is 1.90. The molecular weight excluding hydrogens is 262 g/mol. The van der Waals surface area contributed by atoms with Crippen molar-refractivity contribution in [1.82, 2.24) is 19.6 Å². The molecule has 0 aliphatic heterocycles. The summed E-state index contributed by atoms with van der Waals surface area (Å²) in [7, 11) is 0. The average molecular weight is 281 g/mol. The van der Waals surface area contributed by atoms with Crippen molar-refractivity contribution in [3.63, 3.8) is 0 Å². The van der Waals surface area contributed by atoms with E-state index in [-0.39, 0.29) is 5.41 Å². The van der Waals surface area contributed by atoms with Gasteiger partial charge in [0.25, 0.3) is 0 Å². The molecule has 0 radical (unpaired) electrons. The first-order valence-corrected chi connectivity index (χ1v) is 7.03. The summed E-state index contributed by atoms with van der Waals surface area (Å²) in [5, 5.41) is 7.95. The quantitative estimate of drug-likeness (QED) is 0.801. The summed E-state index contributed by atoms with van der Waals surface area (Å²) < 4.78 is 1.87. The zero-order valence-corrected chi connectivity index (χ0v) is 12.5. The van der Waals surface area contributed by atoms with Gasteiger partial charge in [-0.05, 0) is 18.2 Å². The predicted octanol–water partition coefficient (Wildman–Crippen LogP) is 3.03. The first kappa shape index (κ1) is 13.5. The van der Waals surface area contributed by atoms with E-state index in [4.69, 9.17) is 0 Å². The minimum atomic E-state index is 0.0181. The summed E-state index contributed by atoms with van der Waals surface area (Å²) in [5.41, 5.74) is 3.04. The van der Waals surface area contributed by atoms with Crippen LogP contribution in [0.4, 0.5) is 5.82 Å². The van der Waals surface area contributed by atoms with Crippen molar-refractivity contribution in [1.29, 1.82) is 0 Å². The number of anilines is 1. The number of nitrogens with one attached hydrogen (secondary N) is 1. The first-order chi connectivity index (χ1) is 10.0. The van der Waals surface area contributed by atoms with E-state index >= 15 is 0 Å². The second kappa shape index (κ2) is 5.16. The molecule has 0 aromatic carbocycles. The van der Waals surface area contributed by atoms with Gasteiger partial charge in [-0.15, -0.1) is 0 Å². The lowest BCUT2D eigenvalue weighted by molar-refractivity contribution is 0.562. The predicted molar refractivity (Wildman–Crippen MR) is 83.3 cm³/mol. The minimum absolute atomic E-state index is 0.0181. The van der Waals surface area contributed by atoms with Crippen molar-refractivity contribution in [2.24, 2.45) is 0 Å². The molecule has 0 amide bonds. The summed E-state index contributed by atoms with van der Waals surface area (Å²) in [6, 6.07) is 7.97. The Hall–Kier alpha value is -2.43. The Labute approximate surface area is 124 Å². The van der Waals surface area contributed by atoms with Crippen LogP contribution in [-0.2, 0) is 12.0 Å². The fourth-order valence-corrected chi connectivity index (χ4v) is 2.10. The normalized spacial score (nSPS) is 11.8. The Morgan fingerprint density at radius 2 is 2.00 bits per heavy atom. The van der Waals surface area contributed by atoms with Crippen LogP contribution in [0.1, 0.15) is 32.2 Å². The molecule has 5 nitrogen and oxygen atoms in total. The van der Waals surface area contributed by atoms with Crippen molar-refractivity contribution in [2.45, 2.75) is 32.7 Å². The van der Waals surface area contributed by atoms with Gasteiger partial charge in [-0.1, -0.05) is 26.8 Å². The molecule has 5 heteroatoms. The zero-order valence-electron chi connectivity index (χ0n) is 12.5. The van der Waals surface area contributed by atoms with Crippen LogP contribution in [-0.4, -0.2) is 19.6 Å². The Morgan fingerprint density at radius 1 is 1.14 bits per heavy atom. The minimum Gasteiger partial charge on any atom is -0.363 e. The fraction of sp³-hybridized carbons (Fsp3) is 0.312. The van der Waals surface area contributed by atoms with Gasteiger partial charge in [-0.25, -0.2) is 9.50 Å². The SMILES string of the molecule is CC(C)(C)c1cc2c(NCc3ccccn3)nccn2n1. The second-order valence-corrected chi connectivity index (χ2v) is 6.06. The maximum absolute atomic E-state index is 4.62. The molecule has 0 aliphatic rings. The van der Waals surface area contributed by atoms with Gasteiger partial charge in [0, 0.05) is 24.0 Å². The maximum atomic E-state index is 4.62. The van der Waals surface area contributed by atoms with Crippen molar-refractivity contribution >= 4 is 11.3 Å². The van der Waals surface area contributed by atoms with E-state index < -0.39 is 0 Å². The second-order valence-electron chi connectivity index (χ2n) is 6.06. The van der Waals surface area contributed by atoms with E-state index in [0.717, 1.165) is 22.7 Å². The summed E-state index contributed by atoms with van der Waals surface area (Å²) in [6.07, 6.45) is 5.42. The third-order valence-electron chi connectivity index (χ3n) is 3.32. The molecule has 0 atom stereocenters. The fourth-order valence-electron chi connectivity index (χ4n) is 2.10. The van der Waals surface area contributed by atoms with E-state index in [1.807, 2.05) is 28.9 Å². The van der Waals surface area contributed by atoms with Gasteiger partial charge < -0.3 is 5.32 Å². The summed E-state index contributed by atoms with van der Waals surface area (Å²) >= 11 is 0.